The summed E-state index contributed by atoms with van der Waals surface area (Å²) in [5.74, 6) is 0.574. The largest absolute Gasteiger partial charge is 0.476 e. The van der Waals surface area contributed by atoms with Crippen molar-refractivity contribution in [3.8, 4) is 5.88 Å². The van der Waals surface area contributed by atoms with Gasteiger partial charge in [0, 0.05) is 0 Å². The summed E-state index contributed by atoms with van der Waals surface area (Å²) in [6.45, 7) is 14.0. The molecule has 19 heavy (non-hydrogen) atoms. The van der Waals surface area contributed by atoms with Gasteiger partial charge in [-0.05, 0) is 12.0 Å². The van der Waals surface area contributed by atoms with E-state index >= 15 is 0 Å². The number of imidazole rings is 1. The van der Waals surface area contributed by atoms with Gasteiger partial charge in [0.1, 0.15) is 6.33 Å². The van der Waals surface area contributed by atoms with Crippen LogP contribution in [0.15, 0.2) is 12.7 Å². The second kappa shape index (κ2) is 4.59. The van der Waals surface area contributed by atoms with Gasteiger partial charge in [-0.15, -0.1) is 0 Å². The molecule has 0 amide bonds. The van der Waals surface area contributed by atoms with Crippen LogP contribution in [0.2, 0.25) is 18.1 Å². The molecule has 0 aliphatic carbocycles. The molecule has 5 nitrogen and oxygen atoms in total. The molecule has 0 unspecified atom stereocenters. The molecule has 104 valence electrons. The third-order valence-corrected chi connectivity index (χ3v) is 9.22. The second-order valence-electron chi connectivity index (χ2n) is 6.21. The molecule has 0 aromatic carbocycles. The second-order valence-corrected chi connectivity index (χ2v) is 11.3. The van der Waals surface area contributed by atoms with E-state index in [4.69, 9.17) is 4.74 Å². The van der Waals surface area contributed by atoms with Gasteiger partial charge in [-0.2, -0.15) is 4.98 Å². The Bertz CT molecular complexity index is 586. The van der Waals surface area contributed by atoms with Crippen LogP contribution in [-0.4, -0.2) is 34.0 Å². The molecular formula is C13H22N4OSi. The molecule has 0 N–H and O–H groups in total. The molecule has 0 radical (unpaired) electrons. The minimum atomic E-state index is -1.73. The van der Waals surface area contributed by atoms with E-state index in [1.807, 2.05) is 13.3 Å². The normalized spacial score (nSPS) is 12.9. The van der Waals surface area contributed by atoms with E-state index in [-0.39, 0.29) is 5.04 Å². The van der Waals surface area contributed by atoms with Crippen molar-refractivity contribution in [2.24, 2.45) is 0 Å². The zero-order valence-corrected chi connectivity index (χ0v) is 13.6. The first-order valence-electron chi connectivity index (χ1n) is 6.60. The third kappa shape index (κ3) is 2.25. The Labute approximate surface area is 115 Å². The lowest BCUT2D eigenvalue weighted by atomic mass is 10.2. The summed E-state index contributed by atoms with van der Waals surface area (Å²) >= 11 is 0. The van der Waals surface area contributed by atoms with E-state index < -0.39 is 8.24 Å². The molecular weight excluding hydrogens is 256 g/mol. The van der Waals surface area contributed by atoms with Gasteiger partial charge in [0.05, 0.1) is 12.9 Å². The van der Waals surface area contributed by atoms with E-state index in [0.29, 0.717) is 12.5 Å². The topological polar surface area (TPSA) is 52.8 Å². The van der Waals surface area contributed by atoms with Crippen molar-refractivity contribution in [1.82, 2.24) is 19.2 Å². The number of rotatable bonds is 3. The number of hydrogen-bond donors (Lipinski definition) is 0. The number of aromatic nitrogens is 4. The fourth-order valence-electron chi connectivity index (χ4n) is 1.83. The summed E-state index contributed by atoms with van der Waals surface area (Å²) in [5.41, 5.74) is 1.64. The molecule has 6 heteroatoms. The lowest BCUT2D eigenvalue weighted by Crippen LogP contribution is -2.45. The summed E-state index contributed by atoms with van der Waals surface area (Å²) in [4.78, 5) is 13.0. The van der Waals surface area contributed by atoms with Crippen molar-refractivity contribution < 1.29 is 4.74 Å². The highest BCUT2D eigenvalue weighted by atomic mass is 28.3. The summed E-state index contributed by atoms with van der Waals surface area (Å²) in [5, 5.41) is 0.220. The lowest BCUT2D eigenvalue weighted by molar-refractivity contribution is 0.330. The van der Waals surface area contributed by atoms with Crippen LogP contribution in [0, 0.1) is 0 Å². The minimum absolute atomic E-state index is 0.220. The maximum absolute atomic E-state index is 5.52. The number of hydrogen-bond acceptors (Lipinski definition) is 4. The van der Waals surface area contributed by atoms with Gasteiger partial charge in [-0.1, -0.05) is 33.9 Å². The molecule has 0 atom stereocenters. The Morgan fingerprint density at radius 1 is 1.21 bits per heavy atom. The van der Waals surface area contributed by atoms with Gasteiger partial charge >= 0.3 is 0 Å². The van der Waals surface area contributed by atoms with Crippen molar-refractivity contribution in [3.63, 3.8) is 0 Å². The highest BCUT2D eigenvalue weighted by Crippen LogP contribution is 2.38. The van der Waals surface area contributed by atoms with E-state index in [1.165, 1.54) is 0 Å². The molecule has 0 saturated heterocycles. The first kappa shape index (κ1) is 14.0. The Balaban J connectivity index is 2.62. The van der Waals surface area contributed by atoms with Crippen LogP contribution in [0.4, 0.5) is 0 Å². The molecule has 0 aliphatic heterocycles. The monoisotopic (exact) mass is 278 g/mol. The molecule has 0 bridgehead atoms. The smallest absolute Gasteiger partial charge is 0.245 e. The highest BCUT2D eigenvalue weighted by Gasteiger charge is 2.39. The van der Waals surface area contributed by atoms with Gasteiger partial charge in [0.15, 0.2) is 19.4 Å². The van der Waals surface area contributed by atoms with Crippen LogP contribution in [-0.2, 0) is 0 Å². The summed E-state index contributed by atoms with van der Waals surface area (Å²) < 4.78 is 7.76. The van der Waals surface area contributed by atoms with Crippen LogP contribution in [0.25, 0.3) is 11.2 Å². The van der Waals surface area contributed by atoms with Crippen molar-refractivity contribution >= 4 is 19.4 Å². The summed E-state index contributed by atoms with van der Waals surface area (Å²) in [7, 11) is -1.73. The van der Waals surface area contributed by atoms with Crippen LogP contribution in [0.1, 0.15) is 27.7 Å². The first-order chi connectivity index (χ1) is 8.79. The minimum Gasteiger partial charge on any atom is -0.476 e. The predicted molar refractivity (Wildman–Crippen MR) is 79.1 cm³/mol. The standard InChI is InChI=1S/C13H22N4OSi/c1-7-18-12-10-11(14-8-15-12)17(9-16-10)19(5,6)13(2,3)4/h8-9H,7H2,1-6H3. The zero-order chi connectivity index (χ0) is 14.3. The highest BCUT2D eigenvalue weighted by molar-refractivity contribution is 6.79. The molecule has 0 fully saturated rings. The predicted octanol–water partition coefficient (Wildman–Crippen LogP) is 3.08. The fraction of sp³-hybridized carbons (Fsp3) is 0.615. The Hall–Kier alpha value is -1.43. The first-order valence-corrected chi connectivity index (χ1v) is 9.55. The van der Waals surface area contributed by atoms with E-state index in [0.717, 1.165) is 11.2 Å². The molecule has 2 heterocycles. The number of nitrogens with zero attached hydrogens (tertiary/aromatic N) is 4. The van der Waals surface area contributed by atoms with Crippen molar-refractivity contribution in [2.75, 3.05) is 6.61 Å². The van der Waals surface area contributed by atoms with Gasteiger partial charge in [0.25, 0.3) is 0 Å². The molecule has 2 aromatic heterocycles. The summed E-state index contributed by atoms with van der Waals surface area (Å²) in [6, 6.07) is 0. The van der Waals surface area contributed by atoms with Crippen LogP contribution < -0.4 is 4.74 Å². The molecule has 0 saturated carbocycles. The number of fused-ring (bicyclic) bond motifs is 1. The Morgan fingerprint density at radius 3 is 2.47 bits per heavy atom. The van der Waals surface area contributed by atoms with Gasteiger partial charge in [-0.3, -0.25) is 0 Å². The van der Waals surface area contributed by atoms with Crippen LogP contribution in [0.5, 0.6) is 5.88 Å². The zero-order valence-electron chi connectivity index (χ0n) is 12.6. The maximum atomic E-state index is 5.52. The van der Waals surface area contributed by atoms with E-state index in [1.54, 1.807) is 6.33 Å². The SMILES string of the molecule is CCOc1ncnc2c1ncn2[Si](C)(C)C(C)(C)C. The molecule has 0 spiro atoms. The van der Waals surface area contributed by atoms with E-state index in [9.17, 15) is 0 Å². The molecule has 0 aliphatic rings. The maximum Gasteiger partial charge on any atom is 0.245 e. The summed E-state index contributed by atoms with van der Waals surface area (Å²) in [6.07, 6.45) is 3.44. The Morgan fingerprint density at radius 2 is 1.89 bits per heavy atom. The van der Waals surface area contributed by atoms with Crippen LogP contribution in [0.3, 0.4) is 0 Å². The average Bonchev–Trinajstić information content (AvgIpc) is 2.73. The number of ether oxygens (including phenoxy) is 1. The lowest BCUT2D eigenvalue weighted by Gasteiger charge is -2.37. The van der Waals surface area contributed by atoms with Crippen LogP contribution >= 0.6 is 0 Å². The fourth-order valence-corrected chi connectivity index (χ4v) is 3.59. The van der Waals surface area contributed by atoms with Crippen molar-refractivity contribution in [2.45, 2.75) is 45.8 Å². The van der Waals surface area contributed by atoms with Crippen molar-refractivity contribution in [3.05, 3.63) is 12.7 Å². The van der Waals surface area contributed by atoms with Gasteiger partial charge in [0.2, 0.25) is 5.88 Å². The van der Waals surface area contributed by atoms with E-state index in [2.05, 4.69) is 53.0 Å². The Kier molecular flexibility index (Phi) is 3.38. The third-order valence-electron chi connectivity index (χ3n) is 4.02. The molecule has 2 aromatic rings. The quantitative estimate of drug-likeness (QED) is 0.810. The van der Waals surface area contributed by atoms with Crippen molar-refractivity contribution in [1.29, 1.82) is 0 Å². The van der Waals surface area contributed by atoms with Gasteiger partial charge in [-0.25, -0.2) is 9.97 Å². The van der Waals surface area contributed by atoms with Gasteiger partial charge < -0.3 is 8.97 Å². The average molecular weight is 278 g/mol. The molecule has 2 rings (SSSR count).